The first-order chi connectivity index (χ1) is 15.0. The van der Waals surface area contributed by atoms with Crippen molar-refractivity contribution in [3.05, 3.63) is 31.3 Å². The lowest BCUT2D eigenvalue weighted by Crippen LogP contribution is -2.47. The number of aromatic nitrogens is 2. The number of guanidine groups is 1. The second-order valence-corrected chi connectivity index (χ2v) is 8.93. The molecule has 1 aliphatic heterocycles. The lowest BCUT2D eigenvalue weighted by molar-refractivity contribution is 0.00357. The summed E-state index contributed by atoms with van der Waals surface area (Å²) in [7, 11) is 3.26. The summed E-state index contributed by atoms with van der Waals surface area (Å²) in [5, 5.41) is 11.0. The molecule has 2 N–H and O–H groups in total. The SMILES string of the molecule is COCCn1c(=O)n([C@H]2C[C@@H](OC)C2)c(=O)c2c(C)c(CN3CCN/C3=N\C=N)sc21. The molecule has 1 saturated carbocycles. The molecule has 0 unspecified atom stereocenters. The lowest BCUT2D eigenvalue weighted by atomic mass is 9.89. The first-order valence-electron chi connectivity index (χ1n) is 10.3. The average Bonchev–Trinajstić information content (AvgIpc) is 3.28. The number of aliphatic imine (C=N–C) groups is 1. The van der Waals surface area contributed by atoms with Gasteiger partial charge in [-0.1, -0.05) is 0 Å². The number of fused-ring (bicyclic) bond motifs is 1. The molecule has 2 aliphatic rings. The zero-order chi connectivity index (χ0) is 22.1. The Kier molecular flexibility index (Phi) is 6.26. The number of hydrogen-bond acceptors (Lipinski definition) is 6. The van der Waals surface area contributed by atoms with Gasteiger partial charge in [0.05, 0.1) is 31.2 Å². The van der Waals surface area contributed by atoms with Gasteiger partial charge in [0, 0.05) is 38.2 Å². The summed E-state index contributed by atoms with van der Waals surface area (Å²) in [6.07, 6.45) is 2.44. The summed E-state index contributed by atoms with van der Waals surface area (Å²) in [5.74, 6) is 0.654. The molecule has 10 nitrogen and oxygen atoms in total. The second-order valence-electron chi connectivity index (χ2n) is 7.85. The van der Waals surface area contributed by atoms with E-state index in [9.17, 15) is 9.59 Å². The number of ether oxygens (including phenoxy) is 2. The maximum absolute atomic E-state index is 13.4. The highest BCUT2D eigenvalue weighted by Gasteiger charge is 2.34. The molecular formula is C20H28N6O4S. The van der Waals surface area contributed by atoms with E-state index >= 15 is 0 Å². The Bertz CT molecular complexity index is 1130. The highest BCUT2D eigenvalue weighted by atomic mass is 32.1. The molecular weight excluding hydrogens is 420 g/mol. The van der Waals surface area contributed by atoms with Gasteiger partial charge >= 0.3 is 5.69 Å². The number of nitrogens with zero attached hydrogens (tertiary/aromatic N) is 4. The van der Waals surface area contributed by atoms with E-state index in [0.717, 1.165) is 29.9 Å². The first kappa shape index (κ1) is 21.7. The van der Waals surface area contributed by atoms with Gasteiger partial charge in [0.2, 0.25) is 5.96 Å². The largest absolute Gasteiger partial charge is 0.383 e. The molecule has 1 saturated heterocycles. The third kappa shape index (κ3) is 3.81. The molecule has 3 heterocycles. The van der Waals surface area contributed by atoms with E-state index in [1.807, 2.05) is 11.8 Å². The van der Waals surface area contributed by atoms with Gasteiger partial charge in [-0.15, -0.1) is 11.3 Å². The maximum atomic E-state index is 13.4. The van der Waals surface area contributed by atoms with Crippen LogP contribution in [0.15, 0.2) is 14.6 Å². The zero-order valence-electron chi connectivity index (χ0n) is 18.0. The predicted octanol–water partition coefficient (Wildman–Crippen LogP) is 0.898. The molecule has 0 aromatic carbocycles. The Balaban J connectivity index is 1.81. The maximum Gasteiger partial charge on any atom is 0.332 e. The number of hydrogen-bond donors (Lipinski definition) is 2. The molecule has 0 spiro atoms. The smallest absolute Gasteiger partial charge is 0.332 e. The molecule has 0 atom stereocenters. The van der Waals surface area contributed by atoms with Gasteiger partial charge in [-0.05, 0) is 25.3 Å². The van der Waals surface area contributed by atoms with E-state index in [1.165, 1.54) is 15.9 Å². The Morgan fingerprint density at radius 1 is 1.32 bits per heavy atom. The van der Waals surface area contributed by atoms with Gasteiger partial charge in [0.1, 0.15) is 11.2 Å². The Labute approximate surface area is 183 Å². The third-order valence-electron chi connectivity index (χ3n) is 6.11. The molecule has 2 aromatic rings. The summed E-state index contributed by atoms with van der Waals surface area (Å²) in [5.41, 5.74) is 0.394. The minimum absolute atomic E-state index is 0.0905. The van der Waals surface area contributed by atoms with Crippen molar-refractivity contribution in [3.8, 4) is 0 Å². The molecule has 2 aromatic heterocycles. The van der Waals surface area contributed by atoms with Gasteiger partial charge in [-0.25, -0.2) is 9.79 Å². The summed E-state index contributed by atoms with van der Waals surface area (Å²) in [6, 6.07) is -0.139. The number of methoxy groups -OCH3 is 2. The molecule has 0 bridgehead atoms. The van der Waals surface area contributed by atoms with Crippen LogP contribution in [0.4, 0.5) is 0 Å². The molecule has 0 radical (unpaired) electrons. The van der Waals surface area contributed by atoms with Crippen molar-refractivity contribution < 1.29 is 9.47 Å². The fraction of sp³-hybridized carbons (Fsp3) is 0.600. The number of thiophene rings is 1. The Hall–Kier alpha value is -2.50. The van der Waals surface area contributed by atoms with Crippen LogP contribution < -0.4 is 16.6 Å². The van der Waals surface area contributed by atoms with Gasteiger partial charge in [-0.2, -0.15) is 0 Å². The molecule has 11 heteroatoms. The molecule has 31 heavy (non-hydrogen) atoms. The highest BCUT2D eigenvalue weighted by molar-refractivity contribution is 7.18. The summed E-state index contributed by atoms with van der Waals surface area (Å²) in [6.45, 7) is 4.80. The van der Waals surface area contributed by atoms with Crippen molar-refractivity contribution in [2.24, 2.45) is 4.99 Å². The van der Waals surface area contributed by atoms with Gasteiger partial charge in [0.25, 0.3) is 5.56 Å². The average molecular weight is 449 g/mol. The fourth-order valence-electron chi connectivity index (χ4n) is 4.24. The van der Waals surface area contributed by atoms with Crippen LogP contribution >= 0.6 is 11.3 Å². The van der Waals surface area contributed by atoms with E-state index in [1.54, 1.807) is 18.8 Å². The van der Waals surface area contributed by atoms with Crippen LogP contribution in [0, 0.1) is 12.3 Å². The second kappa shape index (κ2) is 8.93. The summed E-state index contributed by atoms with van der Waals surface area (Å²) >= 11 is 1.48. The van der Waals surface area contributed by atoms with Crippen LogP contribution in [0.5, 0.6) is 0 Å². The van der Waals surface area contributed by atoms with Crippen molar-refractivity contribution in [3.63, 3.8) is 0 Å². The van der Waals surface area contributed by atoms with Crippen LogP contribution in [0.3, 0.4) is 0 Å². The first-order valence-corrected chi connectivity index (χ1v) is 11.2. The number of aryl methyl sites for hydroxylation is 1. The van der Waals surface area contributed by atoms with Crippen molar-refractivity contribution in [1.82, 2.24) is 19.4 Å². The van der Waals surface area contributed by atoms with E-state index < -0.39 is 0 Å². The minimum atomic E-state index is -0.282. The van der Waals surface area contributed by atoms with Crippen LogP contribution in [0.2, 0.25) is 0 Å². The van der Waals surface area contributed by atoms with Gasteiger partial charge < -0.3 is 19.7 Å². The minimum Gasteiger partial charge on any atom is -0.383 e. The van der Waals surface area contributed by atoms with E-state index in [-0.39, 0.29) is 23.4 Å². The summed E-state index contributed by atoms with van der Waals surface area (Å²) < 4.78 is 13.7. The predicted molar refractivity (Wildman–Crippen MR) is 121 cm³/mol. The van der Waals surface area contributed by atoms with E-state index in [2.05, 4.69) is 10.3 Å². The molecule has 168 valence electrons. The summed E-state index contributed by atoms with van der Waals surface area (Å²) in [4.78, 5) is 34.6. The zero-order valence-corrected chi connectivity index (χ0v) is 18.8. The van der Waals surface area contributed by atoms with E-state index in [4.69, 9.17) is 14.9 Å². The van der Waals surface area contributed by atoms with Gasteiger partial charge in [0.15, 0.2) is 0 Å². The fourth-order valence-corrected chi connectivity index (χ4v) is 5.57. The normalized spacial score (nSPS) is 22.2. The lowest BCUT2D eigenvalue weighted by Gasteiger charge is -2.35. The van der Waals surface area contributed by atoms with Gasteiger partial charge in [-0.3, -0.25) is 19.3 Å². The van der Waals surface area contributed by atoms with Crippen molar-refractivity contribution in [1.29, 1.82) is 5.41 Å². The number of rotatable bonds is 8. The van der Waals surface area contributed by atoms with Crippen LogP contribution in [-0.4, -0.2) is 66.4 Å². The third-order valence-corrected chi connectivity index (χ3v) is 7.41. The quantitative estimate of drug-likeness (QED) is 0.458. The Morgan fingerprint density at radius 2 is 2.10 bits per heavy atom. The van der Waals surface area contributed by atoms with Crippen LogP contribution in [-0.2, 0) is 22.6 Å². The standard InChI is InChI=1S/C20H28N6O4S/c1-12-15(10-24-5-4-22-19(24)23-11-21)31-18-16(12)17(27)26(13-8-14(9-13)30-3)20(28)25(18)6-7-29-2/h11,13-14H,4-10H2,1-3H3,(H2,21,22,23)/t13-,14+. The van der Waals surface area contributed by atoms with Crippen molar-refractivity contribution in [2.75, 3.05) is 33.9 Å². The topological polar surface area (TPSA) is 114 Å². The molecule has 4 rings (SSSR count). The van der Waals surface area contributed by atoms with Crippen LogP contribution in [0.1, 0.15) is 29.3 Å². The monoisotopic (exact) mass is 448 g/mol. The highest BCUT2D eigenvalue weighted by Crippen LogP contribution is 2.34. The molecule has 1 aliphatic carbocycles. The van der Waals surface area contributed by atoms with E-state index in [0.29, 0.717) is 48.7 Å². The Morgan fingerprint density at radius 3 is 2.77 bits per heavy atom. The molecule has 0 amide bonds. The van der Waals surface area contributed by atoms with Crippen molar-refractivity contribution in [2.45, 2.75) is 45.0 Å². The van der Waals surface area contributed by atoms with Crippen LogP contribution in [0.25, 0.3) is 10.2 Å². The molecule has 2 fully saturated rings. The number of nitrogens with one attached hydrogen (secondary N) is 2. The van der Waals surface area contributed by atoms with Crippen molar-refractivity contribution >= 4 is 33.9 Å².